The molecule has 1 saturated heterocycles. The van der Waals surface area contributed by atoms with Gasteiger partial charge in [0.2, 0.25) is 0 Å². The van der Waals surface area contributed by atoms with E-state index in [-0.39, 0.29) is 29.8 Å². The maximum absolute atomic E-state index is 14.0. The number of piperazine rings is 1. The molecule has 146 valence electrons. The van der Waals surface area contributed by atoms with E-state index in [0.29, 0.717) is 12.2 Å². The Labute approximate surface area is 177 Å². The number of halogens is 2. The number of hydrogen-bond donors (Lipinski definition) is 1. The van der Waals surface area contributed by atoms with Crippen LogP contribution in [-0.4, -0.2) is 48.6 Å². The Hall–Kier alpha value is -1.90. The number of pyridine rings is 1. The van der Waals surface area contributed by atoms with E-state index in [2.05, 4.69) is 40.0 Å². The van der Waals surface area contributed by atoms with Crippen LogP contribution in [0.3, 0.4) is 0 Å². The first-order valence-electron chi connectivity index (χ1n) is 9.12. The van der Waals surface area contributed by atoms with Crippen molar-refractivity contribution in [3.8, 4) is 0 Å². The molecule has 0 unspecified atom stereocenters. The highest BCUT2D eigenvalue weighted by Crippen LogP contribution is 2.20. The van der Waals surface area contributed by atoms with Gasteiger partial charge in [-0.25, -0.2) is 9.38 Å². The molecule has 0 radical (unpaired) electrons. The van der Waals surface area contributed by atoms with Gasteiger partial charge < -0.3 is 15.1 Å². The first-order chi connectivity index (χ1) is 12.7. The molecule has 1 N–H and O–H groups in total. The van der Waals surface area contributed by atoms with Crippen LogP contribution in [0.1, 0.15) is 18.2 Å². The lowest BCUT2D eigenvalue weighted by Gasteiger charge is -2.37. The topological polar surface area (TPSA) is 43.8 Å². The minimum Gasteiger partial charge on any atom is -0.366 e. The summed E-state index contributed by atoms with van der Waals surface area (Å²) in [6.07, 6.45) is 1.80. The van der Waals surface area contributed by atoms with Gasteiger partial charge in [0.1, 0.15) is 5.82 Å². The number of aryl methyl sites for hydroxylation is 1. The van der Waals surface area contributed by atoms with Crippen molar-refractivity contribution in [1.29, 1.82) is 0 Å². The van der Waals surface area contributed by atoms with Gasteiger partial charge in [-0.1, -0.05) is 18.2 Å². The lowest BCUT2D eigenvalue weighted by molar-refractivity contribution is 0.370. The smallest absolute Gasteiger partial charge is 0.194 e. The Kier molecular flexibility index (Phi) is 8.27. The van der Waals surface area contributed by atoms with E-state index in [4.69, 9.17) is 4.99 Å². The summed E-state index contributed by atoms with van der Waals surface area (Å²) in [7, 11) is 0. The summed E-state index contributed by atoms with van der Waals surface area (Å²) in [5.74, 6) is 0.734. The third-order valence-electron chi connectivity index (χ3n) is 4.60. The van der Waals surface area contributed by atoms with Gasteiger partial charge in [-0.05, 0) is 37.6 Å². The summed E-state index contributed by atoms with van der Waals surface area (Å²) in [6.45, 7) is 8.65. The van der Waals surface area contributed by atoms with Crippen molar-refractivity contribution in [2.45, 2.75) is 20.4 Å². The van der Waals surface area contributed by atoms with E-state index >= 15 is 0 Å². The summed E-state index contributed by atoms with van der Waals surface area (Å²) >= 11 is 0. The summed E-state index contributed by atoms with van der Waals surface area (Å²) in [5.41, 5.74) is 2.82. The van der Waals surface area contributed by atoms with Crippen molar-refractivity contribution in [2.24, 2.45) is 4.99 Å². The summed E-state index contributed by atoms with van der Waals surface area (Å²) in [4.78, 5) is 13.5. The summed E-state index contributed by atoms with van der Waals surface area (Å²) in [5, 5.41) is 3.36. The number of aromatic nitrogens is 1. The zero-order valence-corrected chi connectivity index (χ0v) is 18.2. The predicted octanol–water partition coefficient (Wildman–Crippen LogP) is 3.43. The van der Waals surface area contributed by atoms with Gasteiger partial charge in [0.15, 0.2) is 5.96 Å². The lowest BCUT2D eigenvalue weighted by atomic mass is 10.2. The number of anilines is 1. The molecule has 2 heterocycles. The second-order valence-corrected chi connectivity index (χ2v) is 6.36. The Morgan fingerprint density at radius 2 is 1.89 bits per heavy atom. The molecule has 1 fully saturated rings. The molecule has 27 heavy (non-hydrogen) atoms. The van der Waals surface area contributed by atoms with E-state index < -0.39 is 0 Å². The van der Waals surface area contributed by atoms with Crippen molar-refractivity contribution in [3.63, 3.8) is 0 Å². The summed E-state index contributed by atoms with van der Waals surface area (Å²) in [6, 6.07) is 11.0. The standard InChI is InChI=1S/C20H26FN5.HI/c1-3-22-20(24-15-18-16(2)7-6-10-23-18)26-13-11-25(12-14-26)19-9-5-4-8-17(19)21;/h4-10H,3,11-15H2,1-2H3,(H,22,24);1H. The van der Waals surface area contributed by atoms with Crippen LogP contribution < -0.4 is 10.2 Å². The Morgan fingerprint density at radius 3 is 2.56 bits per heavy atom. The zero-order valence-electron chi connectivity index (χ0n) is 15.9. The molecule has 0 amide bonds. The first-order valence-corrected chi connectivity index (χ1v) is 9.12. The van der Waals surface area contributed by atoms with Gasteiger partial charge in [-0.3, -0.25) is 4.98 Å². The van der Waals surface area contributed by atoms with Crippen LogP contribution in [0.25, 0.3) is 0 Å². The van der Waals surface area contributed by atoms with E-state index in [1.165, 1.54) is 6.07 Å². The van der Waals surface area contributed by atoms with Crippen molar-refractivity contribution in [2.75, 3.05) is 37.6 Å². The monoisotopic (exact) mass is 483 g/mol. The molecule has 0 bridgehead atoms. The van der Waals surface area contributed by atoms with Gasteiger partial charge in [0.25, 0.3) is 0 Å². The van der Waals surface area contributed by atoms with E-state index in [9.17, 15) is 4.39 Å². The molecule has 3 rings (SSSR count). The molecule has 0 aliphatic carbocycles. The predicted molar refractivity (Wildman–Crippen MR) is 119 cm³/mol. The minimum absolute atomic E-state index is 0. The summed E-state index contributed by atoms with van der Waals surface area (Å²) < 4.78 is 14.0. The minimum atomic E-state index is -0.160. The molecule has 7 heteroatoms. The van der Waals surface area contributed by atoms with Gasteiger partial charge in [-0.2, -0.15) is 0 Å². The Balaban J connectivity index is 0.00000261. The van der Waals surface area contributed by atoms with Crippen LogP contribution in [0.15, 0.2) is 47.6 Å². The van der Waals surface area contributed by atoms with E-state index in [0.717, 1.165) is 49.9 Å². The van der Waals surface area contributed by atoms with Gasteiger partial charge >= 0.3 is 0 Å². The maximum Gasteiger partial charge on any atom is 0.194 e. The van der Waals surface area contributed by atoms with Crippen molar-refractivity contribution < 1.29 is 4.39 Å². The molecule has 5 nitrogen and oxygen atoms in total. The van der Waals surface area contributed by atoms with Crippen LogP contribution >= 0.6 is 24.0 Å². The number of para-hydroxylation sites is 1. The second kappa shape index (κ2) is 10.4. The Morgan fingerprint density at radius 1 is 1.15 bits per heavy atom. The van der Waals surface area contributed by atoms with Crippen molar-refractivity contribution in [3.05, 3.63) is 59.7 Å². The van der Waals surface area contributed by atoms with Crippen molar-refractivity contribution >= 4 is 35.6 Å². The number of nitrogens with one attached hydrogen (secondary N) is 1. The highest BCUT2D eigenvalue weighted by atomic mass is 127. The zero-order chi connectivity index (χ0) is 18.4. The van der Waals surface area contributed by atoms with Crippen LogP contribution in [-0.2, 0) is 6.54 Å². The quantitative estimate of drug-likeness (QED) is 0.411. The van der Waals surface area contributed by atoms with Crippen LogP contribution in [0.5, 0.6) is 0 Å². The SMILES string of the molecule is CCNC(=NCc1ncccc1C)N1CCN(c2ccccc2F)CC1.I. The van der Waals surface area contributed by atoms with Crippen LogP contribution in [0, 0.1) is 12.7 Å². The molecule has 1 aliphatic heterocycles. The molecule has 1 aliphatic rings. The number of nitrogens with zero attached hydrogens (tertiary/aromatic N) is 4. The van der Waals surface area contributed by atoms with Gasteiger partial charge in [0, 0.05) is 38.9 Å². The van der Waals surface area contributed by atoms with Crippen molar-refractivity contribution in [1.82, 2.24) is 15.2 Å². The third-order valence-corrected chi connectivity index (χ3v) is 4.60. The number of guanidine groups is 1. The number of rotatable bonds is 4. The highest BCUT2D eigenvalue weighted by Gasteiger charge is 2.21. The number of benzene rings is 1. The third kappa shape index (κ3) is 5.54. The highest BCUT2D eigenvalue weighted by molar-refractivity contribution is 14.0. The molecular weight excluding hydrogens is 456 g/mol. The fourth-order valence-electron chi connectivity index (χ4n) is 3.13. The van der Waals surface area contributed by atoms with Crippen LogP contribution in [0.4, 0.5) is 10.1 Å². The maximum atomic E-state index is 14.0. The largest absolute Gasteiger partial charge is 0.366 e. The van der Waals surface area contributed by atoms with E-state index in [1.54, 1.807) is 12.3 Å². The average molecular weight is 483 g/mol. The molecule has 2 aromatic rings. The van der Waals surface area contributed by atoms with E-state index in [1.807, 2.05) is 18.2 Å². The number of hydrogen-bond acceptors (Lipinski definition) is 3. The second-order valence-electron chi connectivity index (χ2n) is 6.36. The lowest BCUT2D eigenvalue weighted by Crippen LogP contribution is -2.52. The molecule has 1 aromatic carbocycles. The molecular formula is C20H27FIN5. The number of aliphatic imine (C=N–C) groups is 1. The fourth-order valence-corrected chi connectivity index (χ4v) is 3.13. The molecule has 1 aromatic heterocycles. The molecule has 0 spiro atoms. The average Bonchev–Trinajstić information content (AvgIpc) is 2.67. The fraction of sp³-hybridized carbons (Fsp3) is 0.400. The molecule has 0 saturated carbocycles. The van der Waals surface area contributed by atoms with Gasteiger partial charge in [0.05, 0.1) is 17.9 Å². The normalized spacial score (nSPS) is 14.7. The first kappa shape index (κ1) is 21.4. The Bertz CT molecular complexity index is 760. The molecule has 0 atom stereocenters. The van der Waals surface area contributed by atoms with Crippen LogP contribution in [0.2, 0.25) is 0 Å². The van der Waals surface area contributed by atoms with Gasteiger partial charge in [-0.15, -0.1) is 24.0 Å².